The molecule has 0 atom stereocenters. The van der Waals surface area contributed by atoms with Gasteiger partial charge in [0.1, 0.15) is 0 Å². The Hall–Kier alpha value is -1.62. The maximum atomic E-state index is 11.3. The van der Waals surface area contributed by atoms with E-state index in [9.17, 15) is 4.79 Å². The van der Waals surface area contributed by atoms with Gasteiger partial charge in [0, 0.05) is 5.69 Å². The Bertz CT molecular complexity index is 473. The van der Waals surface area contributed by atoms with E-state index in [1.807, 2.05) is 13.0 Å². The molecular weight excluding hydrogens is 260 g/mol. The fraction of sp³-hybridized carbons (Fsp3) is 0.429. The fourth-order valence-electron chi connectivity index (χ4n) is 1.70. The van der Waals surface area contributed by atoms with Crippen LogP contribution >= 0.6 is 12.2 Å². The molecule has 104 valence electrons. The molecule has 0 bridgehead atoms. The van der Waals surface area contributed by atoms with Crippen molar-refractivity contribution in [3.63, 3.8) is 0 Å². The van der Waals surface area contributed by atoms with E-state index in [0.717, 1.165) is 16.8 Å². The van der Waals surface area contributed by atoms with Gasteiger partial charge in [-0.15, -0.1) is 0 Å². The van der Waals surface area contributed by atoms with E-state index in [1.165, 1.54) is 0 Å². The smallest absolute Gasteiger partial charge is 0.413 e. The zero-order valence-corrected chi connectivity index (χ0v) is 12.6. The topological polar surface area (TPSA) is 50.4 Å². The van der Waals surface area contributed by atoms with E-state index >= 15 is 0 Å². The number of carbonyl (C=O) groups excluding carboxylic acids is 1. The van der Waals surface area contributed by atoms with E-state index < -0.39 is 6.09 Å². The third kappa shape index (κ3) is 4.87. The first-order valence-corrected chi connectivity index (χ1v) is 6.70. The standard InChI is InChI=1S/C14H20N2O2S/c1-5-18-14(17)16-13(19)15-12-8-10(4)6-7-11(12)9(2)3/h6-9H,5H2,1-4H3,(H2,15,16,17,19). The number of alkyl carbamates (subject to hydrolysis) is 1. The third-order valence-electron chi connectivity index (χ3n) is 2.57. The first kappa shape index (κ1) is 15.4. The van der Waals surface area contributed by atoms with Crippen molar-refractivity contribution in [2.75, 3.05) is 11.9 Å². The summed E-state index contributed by atoms with van der Waals surface area (Å²) in [5.74, 6) is 0.369. The highest BCUT2D eigenvalue weighted by atomic mass is 32.1. The lowest BCUT2D eigenvalue weighted by atomic mass is 9.99. The third-order valence-corrected chi connectivity index (χ3v) is 2.77. The van der Waals surface area contributed by atoms with Gasteiger partial charge in [-0.05, 0) is 49.2 Å². The number of anilines is 1. The van der Waals surface area contributed by atoms with E-state index in [4.69, 9.17) is 17.0 Å². The molecule has 0 saturated carbocycles. The number of aryl methyl sites for hydroxylation is 1. The summed E-state index contributed by atoms with van der Waals surface area (Å²) < 4.78 is 4.77. The monoisotopic (exact) mass is 280 g/mol. The molecule has 0 fully saturated rings. The molecule has 0 aromatic heterocycles. The van der Waals surface area contributed by atoms with E-state index in [-0.39, 0.29) is 5.11 Å². The number of benzene rings is 1. The van der Waals surface area contributed by atoms with Crippen LogP contribution in [0.25, 0.3) is 0 Å². The number of carbonyl (C=O) groups is 1. The van der Waals surface area contributed by atoms with Crippen LogP contribution in [0, 0.1) is 6.92 Å². The highest BCUT2D eigenvalue weighted by molar-refractivity contribution is 7.80. The van der Waals surface area contributed by atoms with Gasteiger partial charge in [-0.25, -0.2) is 4.79 Å². The Morgan fingerprint density at radius 1 is 1.42 bits per heavy atom. The van der Waals surface area contributed by atoms with Gasteiger partial charge in [-0.3, -0.25) is 5.32 Å². The molecule has 0 unspecified atom stereocenters. The number of hydrogen-bond donors (Lipinski definition) is 2. The van der Waals surface area contributed by atoms with Gasteiger partial charge in [0.2, 0.25) is 0 Å². The largest absolute Gasteiger partial charge is 0.450 e. The highest BCUT2D eigenvalue weighted by Gasteiger charge is 2.10. The summed E-state index contributed by atoms with van der Waals surface area (Å²) in [5, 5.41) is 5.76. The molecule has 0 heterocycles. The molecule has 19 heavy (non-hydrogen) atoms. The van der Waals surface area contributed by atoms with Gasteiger partial charge in [-0.2, -0.15) is 0 Å². The average molecular weight is 280 g/mol. The first-order chi connectivity index (χ1) is 8.93. The molecule has 5 heteroatoms. The predicted molar refractivity (Wildman–Crippen MR) is 81.6 cm³/mol. The number of rotatable bonds is 3. The maximum absolute atomic E-state index is 11.3. The normalized spacial score (nSPS) is 10.2. The van der Waals surface area contributed by atoms with Crippen LogP contribution in [-0.2, 0) is 4.74 Å². The molecule has 1 aromatic rings. The van der Waals surface area contributed by atoms with Crippen LogP contribution in [-0.4, -0.2) is 17.8 Å². The van der Waals surface area contributed by atoms with Crippen LogP contribution in [0.2, 0.25) is 0 Å². The lowest BCUT2D eigenvalue weighted by Crippen LogP contribution is -2.34. The Labute approximate surface area is 119 Å². The molecule has 2 N–H and O–H groups in total. The Kier molecular flexibility index (Phi) is 5.76. The van der Waals surface area contributed by atoms with Gasteiger partial charge in [-0.1, -0.05) is 26.0 Å². The van der Waals surface area contributed by atoms with Gasteiger partial charge in [0.15, 0.2) is 5.11 Å². The minimum atomic E-state index is -0.543. The zero-order chi connectivity index (χ0) is 14.4. The summed E-state index contributed by atoms with van der Waals surface area (Å²) in [6, 6.07) is 6.13. The Morgan fingerprint density at radius 3 is 2.68 bits per heavy atom. The van der Waals surface area contributed by atoms with Crippen molar-refractivity contribution in [1.29, 1.82) is 0 Å². The van der Waals surface area contributed by atoms with Crippen LogP contribution in [0.3, 0.4) is 0 Å². The van der Waals surface area contributed by atoms with Crippen molar-refractivity contribution >= 4 is 29.1 Å². The van der Waals surface area contributed by atoms with Crippen molar-refractivity contribution in [2.45, 2.75) is 33.6 Å². The second-order valence-electron chi connectivity index (χ2n) is 4.54. The average Bonchev–Trinajstić information content (AvgIpc) is 2.28. The number of thiocarbonyl (C=S) groups is 1. The lowest BCUT2D eigenvalue weighted by Gasteiger charge is -2.16. The molecule has 0 aliphatic rings. The first-order valence-electron chi connectivity index (χ1n) is 6.29. The summed E-state index contributed by atoms with van der Waals surface area (Å²) in [4.78, 5) is 11.3. The van der Waals surface area contributed by atoms with Crippen LogP contribution < -0.4 is 10.6 Å². The van der Waals surface area contributed by atoms with Gasteiger partial charge in [0.25, 0.3) is 0 Å². The number of ether oxygens (including phenoxy) is 1. The summed E-state index contributed by atoms with van der Waals surface area (Å²) in [7, 11) is 0. The second kappa shape index (κ2) is 7.09. The predicted octanol–water partition coefficient (Wildman–Crippen LogP) is 3.56. The molecule has 0 radical (unpaired) electrons. The Morgan fingerprint density at radius 2 is 2.11 bits per heavy atom. The molecule has 0 aliphatic heterocycles. The van der Waals surface area contributed by atoms with E-state index in [0.29, 0.717) is 12.5 Å². The minimum absolute atomic E-state index is 0.242. The molecule has 0 aliphatic carbocycles. The molecule has 1 amide bonds. The van der Waals surface area contributed by atoms with Crippen molar-refractivity contribution in [1.82, 2.24) is 5.32 Å². The summed E-state index contributed by atoms with van der Waals surface area (Å²) >= 11 is 5.09. The van der Waals surface area contributed by atoms with Crippen LogP contribution in [0.15, 0.2) is 18.2 Å². The summed E-state index contributed by atoms with van der Waals surface area (Å²) in [6.07, 6.45) is -0.543. The van der Waals surface area contributed by atoms with Gasteiger partial charge in [0.05, 0.1) is 6.61 Å². The highest BCUT2D eigenvalue weighted by Crippen LogP contribution is 2.25. The molecular formula is C14H20N2O2S. The number of nitrogens with one attached hydrogen (secondary N) is 2. The summed E-state index contributed by atoms with van der Waals surface area (Å²) in [5.41, 5.74) is 3.20. The SMILES string of the molecule is CCOC(=O)NC(=S)Nc1cc(C)ccc1C(C)C. The van der Waals surface area contributed by atoms with Crippen LogP contribution in [0.5, 0.6) is 0 Å². The van der Waals surface area contributed by atoms with E-state index in [2.05, 4.69) is 36.6 Å². The molecule has 0 spiro atoms. The zero-order valence-electron chi connectivity index (χ0n) is 11.7. The fourth-order valence-corrected chi connectivity index (χ4v) is 1.89. The Balaban J connectivity index is 2.78. The molecule has 1 aromatic carbocycles. The van der Waals surface area contributed by atoms with E-state index in [1.54, 1.807) is 6.92 Å². The van der Waals surface area contributed by atoms with Crippen LogP contribution in [0.1, 0.15) is 37.8 Å². The quantitative estimate of drug-likeness (QED) is 0.831. The van der Waals surface area contributed by atoms with Crippen LogP contribution in [0.4, 0.5) is 10.5 Å². The lowest BCUT2D eigenvalue weighted by molar-refractivity contribution is 0.158. The van der Waals surface area contributed by atoms with Crippen molar-refractivity contribution in [2.24, 2.45) is 0 Å². The number of hydrogen-bond acceptors (Lipinski definition) is 3. The van der Waals surface area contributed by atoms with Crippen molar-refractivity contribution in [3.05, 3.63) is 29.3 Å². The number of amides is 1. The van der Waals surface area contributed by atoms with Crippen molar-refractivity contribution < 1.29 is 9.53 Å². The molecule has 4 nitrogen and oxygen atoms in total. The van der Waals surface area contributed by atoms with Gasteiger partial charge < -0.3 is 10.1 Å². The second-order valence-corrected chi connectivity index (χ2v) is 4.95. The van der Waals surface area contributed by atoms with Gasteiger partial charge >= 0.3 is 6.09 Å². The maximum Gasteiger partial charge on any atom is 0.413 e. The minimum Gasteiger partial charge on any atom is -0.450 e. The summed E-state index contributed by atoms with van der Waals surface area (Å²) in [6.45, 7) is 8.29. The molecule has 1 rings (SSSR count). The van der Waals surface area contributed by atoms with Crippen molar-refractivity contribution in [3.8, 4) is 0 Å². The molecule has 0 saturated heterocycles.